The maximum absolute atomic E-state index is 12.3. The molecule has 7 rings (SSSR count). The number of carbonyl (C=O) groups excluding carboxylic acids is 2. The Morgan fingerprint density at radius 2 is 2.03 bits per heavy atom. The lowest BCUT2D eigenvalue weighted by atomic mass is 9.46. The van der Waals surface area contributed by atoms with Gasteiger partial charge in [-0.05, 0) is 49.5 Å². The van der Waals surface area contributed by atoms with E-state index >= 15 is 0 Å². The maximum atomic E-state index is 12.3. The van der Waals surface area contributed by atoms with Crippen LogP contribution in [0.3, 0.4) is 0 Å². The van der Waals surface area contributed by atoms with Gasteiger partial charge in [0.15, 0.2) is 17.0 Å². The minimum atomic E-state index is -0.781. The van der Waals surface area contributed by atoms with Crippen molar-refractivity contribution in [3.63, 3.8) is 0 Å². The molecule has 2 amide bonds. The molecule has 4 fully saturated rings. The van der Waals surface area contributed by atoms with E-state index in [0.29, 0.717) is 29.3 Å². The number of H-pyrrole nitrogens is 1. The molecule has 0 saturated heterocycles. The largest absolute Gasteiger partial charge is 0.390 e. The Labute approximate surface area is 177 Å². The SMILES string of the molecule is CNC(=O)C(=O)Nc1[nH]n(C23C[C@@H]4CC(O)(C2)C[C@@](C)(C4)C3)c2c1nnc1nccc12. The zero-order chi connectivity index (χ0) is 21.6. The van der Waals surface area contributed by atoms with Gasteiger partial charge < -0.3 is 15.7 Å². The topological polar surface area (TPSA) is 138 Å². The number of anilines is 1. The van der Waals surface area contributed by atoms with Crippen LogP contribution in [0.5, 0.6) is 0 Å². The maximum Gasteiger partial charge on any atom is 0.314 e. The molecule has 4 aliphatic carbocycles. The number of likely N-dealkylation sites (N-methyl/N-ethyl adjacent to an activating group) is 1. The number of hydrogen-bond acceptors (Lipinski definition) is 6. The first-order valence-corrected chi connectivity index (χ1v) is 10.7. The number of hydrogen-bond donors (Lipinski definition) is 4. The molecule has 4 atom stereocenters. The zero-order valence-electron chi connectivity index (χ0n) is 17.5. The summed E-state index contributed by atoms with van der Waals surface area (Å²) in [4.78, 5) is 28.4. The van der Waals surface area contributed by atoms with E-state index < -0.39 is 17.4 Å². The van der Waals surface area contributed by atoms with E-state index in [2.05, 4.69) is 42.5 Å². The number of nitrogens with zero attached hydrogens (tertiary/aromatic N) is 4. The van der Waals surface area contributed by atoms with Gasteiger partial charge in [-0.25, -0.2) is 4.98 Å². The van der Waals surface area contributed by atoms with Crippen molar-refractivity contribution in [1.29, 1.82) is 0 Å². The van der Waals surface area contributed by atoms with Gasteiger partial charge in [-0.1, -0.05) is 6.92 Å². The Balaban J connectivity index is 1.57. The quantitative estimate of drug-likeness (QED) is 0.460. The molecule has 3 aromatic heterocycles. The monoisotopic (exact) mass is 423 g/mol. The normalized spacial score (nSPS) is 33.8. The van der Waals surface area contributed by atoms with Crippen molar-refractivity contribution in [2.75, 3.05) is 12.4 Å². The second-order valence-electron chi connectivity index (χ2n) is 10.2. The fourth-order valence-corrected chi connectivity index (χ4v) is 7.26. The number of fused-ring (bicyclic) bond motifs is 3. The van der Waals surface area contributed by atoms with Crippen LogP contribution in [-0.2, 0) is 15.1 Å². The van der Waals surface area contributed by atoms with Gasteiger partial charge in [-0.2, -0.15) is 0 Å². The van der Waals surface area contributed by atoms with Crippen molar-refractivity contribution in [2.45, 2.75) is 56.6 Å². The van der Waals surface area contributed by atoms with Gasteiger partial charge in [-0.15, -0.1) is 10.2 Å². The number of nitrogens with one attached hydrogen (secondary N) is 3. The minimum absolute atomic E-state index is 0.0634. The standard InChI is InChI=1S/C21H25N7O3/c1-19-5-11-6-20(8-19,10-21(31,7-11)9-19)28-14-12-3-4-23-15(12)26-25-13(14)16(27-28)24-18(30)17(29)22-2/h3-4,11,27,31H,5-10H2,1-2H3,(H,22,29)(H,24,30)/t11-,19+,20?,21?/m1/s1. The van der Waals surface area contributed by atoms with Gasteiger partial charge in [-0.3, -0.25) is 19.4 Å². The van der Waals surface area contributed by atoms with Crippen LogP contribution in [0.4, 0.5) is 5.82 Å². The number of rotatable bonds is 2. The van der Waals surface area contributed by atoms with Crippen LogP contribution in [0.15, 0.2) is 12.3 Å². The van der Waals surface area contributed by atoms with E-state index in [4.69, 9.17) is 0 Å². The van der Waals surface area contributed by atoms with Crippen LogP contribution >= 0.6 is 0 Å². The summed E-state index contributed by atoms with van der Waals surface area (Å²) in [7, 11) is 1.41. The molecule has 0 spiro atoms. The molecule has 0 aliphatic heterocycles. The summed E-state index contributed by atoms with van der Waals surface area (Å²) in [5, 5.41) is 29.1. The van der Waals surface area contributed by atoms with Crippen LogP contribution in [-0.4, -0.2) is 54.5 Å². The van der Waals surface area contributed by atoms with Crippen LogP contribution in [0, 0.1) is 11.3 Å². The molecule has 3 aromatic rings. The van der Waals surface area contributed by atoms with Gasteiger partial charge in [0.1, 0.15) is 5.52 Å². The third-order valence-corrected chi connectivity index (χ3v) is 7.52. The van der Waals surface area contributed by atoms with Gasteiger partial charge in [0.25, 0.3) is 0 Å². The van der Waals surface area contributed by atoms with Gasteiger partial charge in [0.2, 0.25) is 0 Å². The number of amides is 2. The van der Waals surface area contributed by atoms with Crippen LogP contribution in [0.1, 0.15) is 45.4 Å². The van der Waals surface area contributed by atoms with E-state index in [-0.39, 0.29) is 11.0 Å². The van der Waals surface area contributed by atoms with E-state index in [9.17, 15) is 14.7 Å². The second kappa shape index (κ2) is 5.82. The van der Waals surface area contributed by atoms with Crippen molar-refractivity contribution in [2.24, 2.45) is 11.3 Å². The molecule has 4 N–H and O–H groups in total. The molecule has 4 bridgehead atoms. The fourth-order valence-electron chi connectivity index (χ4n) is 7.26. The molecule has 0 radical (unpaired) electrons. The minimum Gasteiger partial charge on any atom is -0.390 e. The van der Waals surface area contributed by atoms with Crippen LogP contribution < -0.4 is 10.6 Å². The van der Waals surface area contributed by atoms with Crippen molar-refractivity contribution < 1.29 is 14.7 Å². The summed E-state index contributed by atoms with van der Waals surface area (Å²) < 4.78 is 2.08. The Morgan fingerprint density at radius 1 is 1.19 bits per heavy atom. The summed E-state index contributed by atoms with van der Waals surface area (Å²) in [5.41, 5.74) is 0.848. The van der Waals surface area contributed by atoms with Gasteiger partial charge in [0, 0.05) is 19.7 Å². The first kappa shape index (κ1) is 18.7. The molecule has 4 saturated carbocycles. The summed E-state index contributed by atoms with van der Waals surface area (Å²) in [5.74, 6) is -0.748. The van der Waals surface area contributed by atoms with E-state index in [1.165, 1.54) is 7.05 Å². The highest BCUT2D eigenvalue weighted by Crippen LogP contribution is 2.65. The highest BCUT2D eigenvalue weighted by Gasteiger charge is 2.62. The summed E-state index contributed by atoms with van der Waals surface area (Å²) in [6, 6.07) is 1.89. The molecule has 4 aliphatic rings. The molecule has 31 heavy (non-hydrogen) atoms. The third-order valence-electron chi connectivity index (χ3n) is 7.52. The van der Waals surface area contributed by atoms with E-state index in [1.54, 1.807) is 6.20 Å². The van der Waals surface area contributed by atoms with Gasteiger partial charge in [0.05, 0.1) is 16.5 Å². The van der Waals surface area contributed by atoms with Crippen molar-refractivity contribution in [3.05, 3.63) is 12.3 Å². The predicted molar refractivity (Wildman–Crippen MR) is 112 cm³/mol. The Morgan fingerprint density at radius 3 is 2.77 bits per heavy atom. The molecular formula is C21H25N7O3. The molecule has 3 heterocycles. The zero-order valence-corrected chi connectivity index (χ0v) is 17.5. The second-order valence-corrected chi connectivity index (χ2v) is 10.2. The number of aromatic nitrogens is 5. The molecule has 2 unspecified atom stereocenters. The number of aromatic amines is 1. The number of aliphatic hydroxyl groups is 1. The number of carbonyl (C=O) groups is 2. The van der Waals surface area contributed by atoms with E-state index in [1.807, 2.05) is 6.07 Å². The molecule has 0 aromatic carbocycles. The Kier molecular flexibility index (Phi) is 3.51. The van der Waals surface area contributed by atoms with E-state index in [0.717, 1.165) is 43.0 Å². The predicted octanol–water partition coefficient (Wildman–Crippen LogP) is 1.42. The first-order valence-electron chi connectivity index (χ1n) is 10.7. The summed E-state index contributed by atoms with van der Waals surface area (Å²) in [6.07, 6.45) is 7.01. The van der Waals surface area contributed by atoms with Gasteiger partial charge >= 0.3 is 11.8 Å². The van der Waals surface area contributed by atoms with Crippen molar-refractivity contribution in [1.82, 2.24) is 30.3 Å². The summed E-state index contributed by atoms with van der Waals surface area (Å²) in [6.45, 7) is 2.27. The molecular weight excluding hydrogens is 398 g/mol. The third kappa shape index (κ3) is 2.57. The molecule has 10 nitrogen and oxygen atoms in total. The molecule has 10 heteroatoms. The van der Waals surface area contributed by atoms with Crippen LogP contribution in [0.25, 0.3) is 22.1 Å². The lowest BCUT2D eigenvalue weighted by molar-refractivity contribution is -0.189. The lowest BCUT2D eigenvalue weighted by Crippen LogP contribution is -2.63. The smallest absolute Gasteiger partial charge is 0.314 e. The molecule has 162 valence electrons. The first-order chi connectivity index (χ1) is 14.7. The highest BCUT2D eigenvalue weighted by molar-refractivity contribution is 6.40. The lowest BCUT2D eigenvalue weighted by Gasteiger charge is -2.64. The summed E-state index contributed by atoms with van der Waals surface area (Å²) >= 11 is 0. The van der Waals surface area contributed by atoms with Crippen molar-refractivity contribution in [3.8, 4) is 0 Å². The fraction of sp³-hybridized carbons (Fsp3) is 0.571. The Hall–Kier alpha value is -3.01. The Bertz CT molecular complexity index is 1240. The highest BCUT2D eigenvalue weighted by atomic mass is 16.3. The average Bonchev–Trinajstić information content (AvgIpc) is 3.29. The van der Waals surface area contributed by atoms with Crippen molar-refractivity contribution >= 4 is 39.7 Å². The van der Waals surface area contributed by atoms with Crippen LogP contribution in [0.2, 0.25) is 0 Å². The average molecular weight is 423 g/mol.